The van der Waals surface area contributed by atoms with Crippen molar-refractivity contribution in [1.29, 1.82) is 0 Å². The number of methoxy groups -OCH3 is 2. The molecule has 10 rings (SSSR count). The molecule has 19 nitrogen and oxygen atoms in total. The van der Waals surface area contributed by atoms with Gasteiger partial charge in [0.15, 0.2) is 0 Å². The van der Waals surface area contributed by atoms with E-state index in [2.05, 4.69) is 46.5 Å². The first-order valence-corrected chi connectivity index (χ1v) is 28.3. The molecular formula is C60H66Cl2F2N12O7. The summed E-state index contributed by atoms with van der Waals surface area (Å²) in [7, 11) is 3.03. The molecule has 4 aromatic heterocycles. The van der Waals surface area contributed by atoms with Crippen molar-refractivity contribution in [3.8, 4) is 0 Å². The summed E-state index contributed by atoms with van der Waals surface area (Å²) in [5, 5.41) is 15.0. The summed E-state index contributed by atoms with van der Waals surface area (Å²) in [6.07, 6.45) is 18.0. The van der Waals surface area contributed by atoms with E-state index in [1.165, 1.54) is 61.4 Å². The number of amides is 6. The Balaban J connectivity index is 0.000000200. The lowest BCUT2D eigenvalue weighted by Crippen LogP contribution is -2.46. The van der Waals surface area contributed by atoms with Crippen molar-refractivity contribution in [3.63, 3.8) is 0 Å². The van der Waals surface area contributed by atoms with Gasteiger partial charge in [0.1, 0.15) is 41.6 Å². The van der Waals surface area contributed by atoms with Crippen molar-refractivity contribution in [1.82, 2.24) is 35.1 Å². The maximum atomic E-state index is 15.3. The van der Waals surface area contributed by atoms with Crippen LogP contribution in [0.3, 0.4) is 0 Å². The zero-order chi connectivity index (χ0) is 58.7. The molecule has 0 bridgehead atoms. The van der Waals surface area contributed by atoms with Crippen LogP contribution in [0.25, 0.3) is 0 Å². The van der Waals surface area contributed by atoms with Crippen LogP contribution in [0.2, 0.25) is 10.0 Å². The molecule has 6 amide bonds. The smallest absolute Gasteiger partial charge is 0.323 e. The molecule has 2 aliphatic carbocycles. The summed E-state index contributed by atoms with van der Waals surface area (Å²) in [6, 6.07) is 20.0. The number of carbonyl (C=O) groups is 5. The van der Waals surface area contributed by atoms with Gasteiger partial charge in [0.2, 0.25) is 11.8 Å². The molecule has 23 heteroatoms. The molecule has 0 radical (unpaired) electrons. The number of ether oxygens (including phenoxy) is 2. The number of benzene rings is 2. The van der Waals surface area contributed by atoms with Gasteiger partial charge in [-0.15, -0.1) is 0 Å². The fourth-order valence-electron chi connectivity index (χ4n) is 10.7. The average Bonchev–Trinajstić information content (AvgIpc) is 4.61. The Kier molecular flexibility index (Phi) is 19.7. The summed E-state index contributed by atoms with van der Waals surface area (Å²) in [6.45, 7) is 0.434. The maximum absolute atomic E-state index is 15.3. The number of aromatic nitrogens is 4. The molecular weight excluding hydrogens is 1110 g/mol. The summed E-state index contributed by atoms with van der Waals surface area (Å²) in [5.41, 5.74) is 8.41. The lowest BCUT2D eigenvalue weighted by molar-refractivity contribution is -0.120. The number of nitrogens with two attached hydrogens (primary N) is 1. The van der Waals surface area contributed by atoms with Crippen molar-refractivity contribution in [2.45, 2.75) is 99.6 Å². The first kappa shape index (κ1) is 60.1. The monoisotopic (exact) mass is 1170 g/mol. The molecule has 6 aromatic rings. The van der Waals surface area contributed by atoms with Crippen LogP contribution in [0, 0.1) is 23.5 Å². The van der Waals surface area contributed by atoms with Crippen molar-refractivity contribution in [3.05, 3.63) is 166 Å². The number of hydrogen-bond donors (Lipinski definition) is 6. The predicted octanol–water partition coefficient (Wildman–Crippen LogP) is 9.67. The van der Waals surface area contributed by atoms with Gasteiger partial charge < -0.3 is 40.4 Å². The zero-order valence-corrected chi connectivity index (χ0v) is 47.4. The number of nitrogens with zero attached hydrogens (tertiary/aromatic N) is 6. The van der Waals surface area contributed by atoms with Crippen LogP contribution < -0.4 is 32.3 Å². The van der Waals surface area contributed by atoms with Crippen molar-refractivity contribution in [2.24, 2.45) is 17.6 Å². The van der Waals surface area contributed by atoms with Gasteiger partial charge in [0.25, 0.3) is 0 Å². The second kappa shape index (κ2) is 27.2. The fourth-order valence-corrected chi connectivity index (χ4v) is 11.0. The largest absolute Gasteiger partial charge is 0.380 e. The number of likely N-dealkylation sites (tertiary alicyclic amines) is 2. The minimum absolute atomic E-state index is 0.00149. The van der Waals surface area contributed by atoms with Crippen LogP contribution in [-0.4, -0.2) is 118 Å². The Bertz CT molecular complexity index is 3230. The molecule has 4 aliphatic rings. The molecule has 2 unspecified atom stereocenters. The highest BCUT2D eigenvalue weighted by atomic mass is 35.5. The normalized spacial score (nSPS) is 19.8. The Morgan fingerprint density at radius 2 is 1.08 bits per heavy atom. The van der Waals surface area contributed by atoms with E-state index in [1.807, 2.05) is 24.3 Å². The molecule has 2 saturated heterocycles. The van der Waals surface area contributed by atoms with E-state index in [-0.39, 0.29) is 67.7 Å². The number of aldehydes is 1. The molecule has 436 valence electrons. The highest BCUT2D eigenvalue weighted by Gasteiger charge is 2.43. The maximum Gasteiger partial charge on any atom is 0.323 e. The van der Waals surface area contributed by atoms with E-state index in [0.29, 0.717) is 45.8 Å². The van der Waals surface area contributed by atoms with E-state index < -0.39 is 58.7 Å². The van der Waals surface area contributed by atoms with Gasteiger partial charge in [-0.25, -0.2) is 28.3 Å². The second-order valence-electron chi connectivity index (χ2n) is 21.3. The fraction of sp³-hybridized carbons (Fsp3) is 0.383. The van der Waals surface area contributed by atoms with E-state index in [0.717, 1.165) is 43.1 Å². The Labute approximate surface area is 489 Å². The topological polar surface area (TPSA) is 248 Å². The minimum Gasteiger partial charge on any atom is -0.380 e. The van der Waals surface area contributed by atoms with Crippen molar-refractivity contribution in [2.75, 3.05) is 55.1 Å². The molecule has 6 heterocycles. The van der Waals surface area contributed by atoms with Gasteiger partial charge in [0, 0.05) is 77.3 Å². The Hall–Kier alpha value is -7.53. The molecule has 7 N–H and O–H groups in total. The summed E-state index contributed by atoms with van der Waals surface area (Å²) < 4.78 is 41.2. The van der Waals surface area contributed by atoms with Crippen LogP contribution >= 0.6 is 23.2 Å². The third kappa shape index (κ3) is 15.0. The predicted molar refractivity (Wildman–Crippen MR) is 311 cm³/mol. The number of urea groups is 2. The standard InChI is InChI=1S/C31H34ClFN6O4.C29H32ClFN6O3/c1-43-24-17-27(39(19-24)30(42)38-28-7-5-23(32)18-35-28)29(41)37-26-16-22(4-6-25(26)33)31(36-14-15-40,11-8-20-2-3-20)21-9-12-34-13-10-21;1-40-22-15-25(37(17-22)28(39)36-26-7-5-21(30)16-34-26)27(38)35-24-14-20(4-6-23(24)31)29(32,11-8-18-2-3-18)19-9-12-33-13-10-19/h4-7,9-10,12-13,15-16,18,20,24,27,36H,2-3,8,11,14,17,19H2,1H3,(H,37,41)(H,35,38,42);4-7,9-10,12-14,16,18,22,25H,2-3,8,11,15,17,32H2,1H3,(H,35,38)(H,34,36,39)/t24-,27-,31?;22-,25-,29?/m11/s1. The Morgan fingerprint density at radius 1 is 0.627 bits per heavy atom. The highest BCUT2D eigenvalue weighted by Crippen LogP contribution is 2.43. The lowest BCUT2D eigenvalue weighted by atomic mass is 9.78. The van der Waals surface area contributed by atoms with E-state index in [4.69, 9.17) is 38.4 Å². The number of carbonyl (C=O) groups excluding carboxylic acids is 5. The summed E-state index contributed by atoms with van der Waals surface area (Å²) in [5.74, 6) is -0.484. The number of hydrogen-bond acceptors (Lipinski definition) is 13. The van der Waals surface area contributed by atoms with Crippen LogP contribution in [-0.2, 0) is 34.9 Å². The SMILES string of the molecule is CO[C@@H]1C[C@H](C(=O)Nc2cc(C(CCC3CC3)(NCC=O)c3ccncc3)ccc2F)N(C(=O)Nc2ccc(Cl)cn2)C1.CO[C@@H]1C[C@H](C(=O)Nc2cc(C(N)(CCC3CC3)c3ccncc3)ccc2F)N(C(=O)Nc2ccc(Cl)cn2)C1. The zero-order valence-electron chi connectivity index (χ0n) is 45.9. The molecule has 2 aliphatic heterocycles. The molecule has 0 spiro atoms. The molecule has 6 atom stereocenters. The minimum atomic E-state index is -0.923. The Morgan fingerprint density at radius 3 is 1.53 bits per heavy atom. The highest BCUT2D eigenvalue weighted by molar-refractivity contribution is 6.30. The van der Waals surface area contributed by atoms with E-state index in [9.17, 15) is 24.0 Å². The van der Waals surface area contributed by atoms with Crippen LogP contribution in [0.4, 0.5) is 41.4 Å². The van der Waals surface area contributed by atoms with Gasteiger partial charge in [-0.05, 0) is 133 Å². The van der Waals surface area contributed by atoms with E-state index >= 15 is 8.78 Å². The number of pyridine rings is 4. The first-order valence-electron chi connectivity index (χ1n) is 27.5. The summed E-state index contributed by atoms with van der Waals surface area (Å²) in [4.78, 5) is 83.9. The van der Waals surface area contributed by atoms with Gasteiger partial charge in [0.05, 0.1) is 51.3 Å². The van der Waals surface area contributed by atoms with Crippen LogP contribution in [0.1, 0.15) is 86.5 Å². The number of anilines is 4. The third-order valence-electron chi connectivity index (χ3n) is 15.8. The van der Waals surface area contributed by atoms with Gasteiger partial charge in [-0.1, -0.05) is 61.0 Å². The lowest BCUT2D eigenvalue weighted by Gasteiger charge is -2.36. The summed E-state index contributed by atoms with van der Waals surface area (Å²) >= 11 is 11.8. The second-order valence-corrected chi connectivity index (χ2v) is 22.2. The molecule has 2 aromatic carbocycles. The van der Waals surface area contributed by atoms with Gasteiger partial charge in [-0.2, -0.15) is 0 Å². The average molecular weight is 1180 g/mol. The van der Waals surface area contributed by atoms with Gasteiger partial charge in [-0.3, -0.25) is 35.5 Å². The molecule has 4 fully saturated rings. The quantitative estimate of drug-likeness (QED) is 0.0368. The van der Waals surface area contributed by atoms with Crippen LogP contribution in [0.5, 0.6) is 0 Å². The van der Waals surface area contributed by atoms with Gasteiger partial charge >= 0.3 is 12.1 Å². The van der Waals surface area contributed by atoms with Crippen molar-refractivity contribution >= 4 is 76.4 Å². The molecule has 2 saturated carbocycles. The van der Waals surface area contributed by atoms with E-state index in [1.54, 1.807) is 73.3 Å². The molecule has 83 heavy (non-hydrogen) atoms. The third-order valence-corrected chi connectivity index (χ3v) is 16.3. The first-order chi connectivity index (χ1) is 40.1. The van der Waals surface area contributed by atoms with Crippen LogP contribution in [0.15, 0.2) is 122 Å². The van der Waals surface area contributed by atoms with Crippen molar-refractivity contribution < 1.29 is 42.2 Å². The number of halogens is 4. The number of rotatable bonds is 21. The number of nitrogens with one attached hydrogen (secondary N) is 5.